The molecule has 1 aliphatic heterocycles. The van der Waals surface area contributed by atoms with E-state index in [4.69, 9.17) is 38.9 Å². The van der Waals surface area contributed by atoms with E-state index < -0.39 is 41.1 Å². The molecule has 14 heteroatoms. The van der Waals surface area contributed by atoms with Gasteiger partial charge in [0, 0.05) is 53.1 Å². The molecule has 232 valence electrons. The summed E-state index contributed by atoms with van der Waals surface area (Å²) < 4.78 is 33.6. The van der Waals surface area contributed by atoms with Crippen LogP contribution in [0.15, 0.2) is 12.5 Å². The van der Waals surface area contributed by atoms with Crippen LogP contribution in [0.5, 0.6) is 0 Å². The molecule has 1 fully saturated rings. The van der Waals surface area contributed by atoms with Crippen LogP contribution >= 0.6 is 22.6 Å². The van der Waals surface area contributed by atoms with E-state index in [0.29, 0.717) is 23.2 Å². The number of carbonyl (C=O) groups excluding carboxylic acids is 1. The number of nitrogens with one attached hydrogen (secondary N) is 1. The molecule has 0 aliphatic carbocycles. The molecule has 0 amide bonds. The van der Waals surface area contributed by atoms with E-state index >= 15 is 0 Å². The van der Waals surface area contributed by atoms with Gasteiger partial charge in [-0.1, -0.05) is 27.7 Å². The van der Waals surface area contributed by atoms with Gasteiger partial charge in [0.05, 0.1) is 5.39 Å². The van der Waals surface area contributed by atoms with Gasteiger partial charge in [-0.25, -0.2) is 13.6 Å². The Morgan fingerprint density at radius 1 is 1.15 bits per heavy atom. The second kappa shape index (κ2) is 13.9. The van der Waals surface area contributed by atoms with E-state index in [0.717, 1.165) is 0 Å². The normalized spacial score (nSPS) is 22.0. The SMILES string of the molecule is CC(=O)O[C@H]1C(n2cc(C(=N)N)c3c(N)ncnc32)O[C@H](COS(OSC(C)C)(C(C)C)C(C)C)[C@H]1OCC(C)C. The van der Waals surface area contributed by atoms with Crippen molar-refractivity contribution in [3.8, 4) is 0 Å². The zero-order valence-electron chi connectivity index (χ0n) is 25.5. The lowest BCUT2D eigenvalue weighted by Gasteiger charge is -2.49. The molecule has 4 atom stereocenters. The molecule has 0 bridgehead atoms. The summed E-state index contributed by atoms with van der Waals surface area (Å²) in [5.41, 5.74) is 12.8. The Balaban J connectivity index is 2.07. The summed E-state index contributed by atoms with van der Waals surface area (Å²) in [7, 11) is -2.01. The second-order valence-electron chi connectivity index (χ2n) is 11.3. The van der Waals surface area contributed by atoms with E-state index in [1.165, 1.54) is 25.3 Å². The maximum Gasteiger partial charge on any atom is 0.303 e. The van der Waals surface area contributed by atoms with Crippen LogP contribution in [-0.2, 0) is 26.8 Å². The van der Waals surface area contributed by atoms with Crippen LogP contribution in [0.25, 0.3) is 11.0 Å². The second-order valence-corrected chi connectivity index (χ2v) is 16.3. The number of hydrogen-bond acceptors (Lipinski definition) is 11. The van der Waals surface area contributed by atoms with Crippen molar-refractivity contribution in [2.75, 3.05) is 18.9 Å². The molecule has 1 aliphatic rings. The van der Waals surface area contributed by atoms with Crippen LogP contribution in [0.4, 0.5) is 5.82 Å². The summed E-state index contributed by atoms with van der Waals surface area (Å²) in [5.74, 6) is -0.288. The highest BCUT2D eigenvalue weighted by Crippen LogP contribution is 2.61. The van der Waals surface area contributed by atoms with Crippen LogP contribution in [0.3, 0.4) is 0 Å². The van der Waals surface area contributed by atoms with E-state index in [2.05, 4.69) is 51.5 Å². The minimum atomic E-state index is -2.01. The zero-order valence-corrected chi connectivity index (χ0v) is 27.1. The number of fused-ring (bicyclic) bond motifs is 1. The summed E-state index contributed by atoms with van der Waals surface area (Å²) in [6, 6.07) is 0. The first kappa shape index (κ1) is 33.4. The number of anilines is 1. The lowest BCUT2D eigenvalue weighted by Crippen LogP contribution is -2.40. The summed E-state index contributed by atoms with van der Waals surface area (Å²) in [4.78, 5) is 20.8. The number of nitrogens with two attached hydrogens (primary N) is 2. The minimum Gasteiger partial charge on any atom is -0.455 e. The molecule has 3 rings (SSSR count). The maximum atomic E-state index is 12.4. The van der Waals surface area contributed by atoms with Crippen LogP contribution in [0.1, 0.15) is 74.1 Å². The van der Waals surface area contributed by atoms with Crippen molar-refractivity contribution >= 4 is 51.3 Å². The Labute approximate surface area is 249 Å². The highest BCUT2D eigenvalue weighted by Gasteiger charge is 2.50. The topological polar surface area (TPSA) is 170 Å². The Hall–Kier alpha value is -2.10. The molecule has 2 aromatic rings. The van der Waals surface area contributed by atoms with Crippen LogP contribution in [0, 0.1) is 11.3 Å². The lowest BCUT2D eigenvalue weighted by atomic mass is 10.1. The fraction of sp³-hybridized carbons (Fsp3) is 0.704. The van der Waals surface area contributed by atoms with Gasteiger partial charge in [0.1, 0.15) is 42.4 Å². The third kappa shape index (κ3) is 7.46. The van der Waals surface area contributed by atoms with Gasteiger partial charge in [0.2, 0.25) is 0 Å². The molecular weight excluding hydrogens is 568 g/mol. The number of carbonyl (C=O) groups is 1. The summed E-state index contributed by atoms with van der Waals surface area (Å²) in [6.07, 6.45) is -0.0193. The number of esters is 1. The highest BCUT2D eigenvalue weighted by atomic mass is 32.3. The first-order valence-corrected chi connectivity index (χ1v) is 16.3. The molecule has 3 heterocycles. The predicted octanol–water partition coefficient (Wildman–Crippen LogP) is 4.71. The van der Waals surface area contributed by atoms with Crippen LogP contribution in [-0.4, -0.2) is 73.6 Å². The maximum absolute atomic E-state index is 12.4. The number of hydrogen-bond donors (Lipinski definition) is 3. The van der Waals surface area contributed by atoms with E-state index in [1.807, 2.05) is 13.8 Å². The highest BCUT2D eigenvalue weighted by molar-refractivity contribution is 8.31. The number of amidine groups is 1. The Kier molecular flexibility index (Phi) is 11.3. The molecule has 1 saturated heterocycles. The van der Waals surface area contributed by atoms with Gasteiger partial charge in [0.25, 0.3) is 0 Å². The van der Waals surface area contributed by atoms with Crippen molar-refractivity contribution in [1.82, 2.24) is 14.5 Å². The molecule has 0 radical (unpaired) electrons. The number of rotatable bonds is 14. The van der Waals surface area contributed by atoms with Gasteiger partial charge in [-0.15, -0.1) is 0 Å². The number of aromatic nitrogens is 3. The Bertz CT molecular complexity index is 1200. The van der Waals surface area contributed by atoms with Crippen LogP contribution < -0.4 is 11.5 Å². The van der Waals surface area contributed by atoms with Gasteiger partial charge in [0.15, 0.2) is 12.3 Å². The number of nitrogens with zero attached hydrogens (tertiary/aromatic N) is 3. The fourth-order valence-corrected chi connectivity index (χ4v) is 9.22. The van der Waals surface area contributed by atoms with Crippen LogP contribution in [0.2, 0.25) is 0 Å². The molecule has 0 spiro atoms. The Morgan fingerprint density at radius 3 is 2.34 bits per heavy atom. The third-order valence-corrected chi connectivity index (χ3v) is 11.2. The summed E-state index contributed by atoms with van der Waals surface area (Å²) >= 11 is 1.42. The van der Waals surface area contributed by atoms with Crippen molar-refractivity contribution in [2.45, 2.75) is 103 Å². The lowest BCUT2D eigenvalue weighted by molar-refractivity contribution is -0.158. The third-order valence-electron chi connectivity index (χ3n) is 6.48. The molecule has 41 heavy (non-hydrogen) atoms. The van der Waals surface area contributed by atoms with Crippen molar-refractivity contribution in [3.63, 3.8) is 0 Å². The standard InChI is InChI=1S/C27H46N6O6S2/c1-14(2)11-35-22-20(12-36-41(16(5)6,17(7)8)39-40-15(3)4)38-27(23(22)37-18(9)34)33-10-19(24(28)29)21-25(30)31-13-32-26(21)33/h10,13-17,20,22-23,27H,11-12H2,1-9H3,(H3,28,29)(H2,30,31,32)/t20-,22-,23-,27?/m1/s1. The number of ether oxygens (including phenoxy) is 3. The zero-order chi connectivity index (χ0) is 30.6. The van der Waals surface area contributed by atoms with Gasteiger partial charge in [-0.05, 0) is 33.6 Å². The molecule has 1 unspecified atom stereocenters. The quantitative estimate of drug-likeness (QED) is 0.117. The molecular formula is C27H46N6O6S2. The predicted molar refractivity (Wildman–Crippen MR) is 165 cm³/mol. The average molecular weight is 615 g/mol. The molecule has 12 nitrogen and oxygen atoms in total. The van der Waals surface area contributed by atoms with Gasteiger partial charge >= 0.3 is 5.97 Å². The largest absolute Gasteiger partial charge is 0.455 e. The van der Waals surface area contributed by atoms with E-state index in [9.17, 15) is 4.79 Å². The van der Waals surface area contributed by atoms with Gasteiger partial charge < -0.3 is 30.2 Å². The molecule has 0 saturated carbocycles. The van der Waals surface area contributed by atoms with Crippen molar-refractivity contribution in [3.05, 3.63) is 18.1 Å². The number of nitrogen functional groups attached to an aromatic ring is 2. The first-order chi connectivity index (χ1) is 19.2. The summed E-state index contributed by atoms with van der Waals surface area (Å²) in [5, 5.41) is 9.01. The molecule has 2 aromatic heterocycles. The molecule has 5 N–H and O–H groups in total. The van der Waals surface area contributed by atoms with Crippen molar-refractivity contribution in [1.29, 1.82) is 5.41 Å². The molecule has 0 aromatic carbocycles. The van der Waals surface area contributed by atoms with Gasteiger partial charge in [-0.3, -0.25) is 14.4 Å². The van der Waals surface area contributed by atoms with E-state index in [1.54, 1.807) is 10.8 Å². The van der Waals surface area contributed by atoms with Crippen molar-refractivity contribution in [2.24, 2.45) is 11.7 Å². The monoisotopic (exact) mass is 614 g/mol. The minimum absolute atomic E-state index is 0.108. The Morgan fingerprint density at radius 2 is 1.80 bits per heavy atom. The average Bonchev–Trinajstić information content (AvgIpc) is 3.41. The fourth-order valence-electron chi connectivity index (χ4n) is 4.70. The summed E-state index contributed by atoms with van der Waals surface area (Å²) in [6.45, 7) is 18.6. The van der Waals surface area contributed by atoms with Crippen molar-refractivity contribution < 1.29 is 26.8 Å². The van der Waals surface area contributed by atoms with E-state index in [-0.39, 0.29) is 39.9 Å². The van der Waals surface area contributed by atoms with Gasteiger partial charge in [-0.2, -0.15) is 10.6 Å². The first-order valence-electron chi connectivity index (χ1n) is 13.9. The smallest absolute Gasteiger partial charge is 0.303 e.